The van der Waals surface area contributed by atoms with Gasteiger partial charge in [0.1, 0.15) is 0 Å². The Morgan fingerprint density at radius 3 is 3.21 bits per heavy atom. The predicted octanol–water partition coefficient (Wildman–Crippen LogP) is 2.79. The molecule has 19 heavy (non-hydrogen) atoms. The molecule has 1 aliphatic carbocycles. The Morgan fingerprint density at radius 1 is 1.42 bits per heavy atom. The van der Waals surface area contributed by atoms with Gasteiger partial charge in [-0.25, -0.2) is 0 Å². The first kappa shape index (κ1) is 11.3. The van der Waals surface area contributed by atoms with E-state index in [1.807, 2.05) is 6.20 Å². The van der Waals surface area contributed by atoms with Crippen LogP contribution >= 0.6 is 0 Å². The third kappa shape index (κ3) is 1.53. The Kier molecular flexibility index (Phi) is 2.22. The quantitative estimate of drug-likeness (QED) is 0.869. The van der Waals surface area contributed by atoms with Gasteiger partial charge >= 0.3 is 0 Å². The molecule has 1 aromatic carbocycles. The molecule has 4 heteroatoms. The lowest BCUT2D eigenvalue weighted by Crippen LogP contribution is -2.63. The summed E-state index contributed by atoms with van der Waals surface area (Å²) in [6, 6.07) is 6.88. The number of anilines is 1. The van der Waals surface area contributed by atoms with Gasteiger partial charge in [0.25, 0.3) is 0 Å². The summed E-state index contributed by atoms with van der Waals surface area (Å²) in [5.41, 5.74) is 2.48. The first-order chi connectivity index (χ1) is 9.16. The number of nitrogens with zero attached hydrogens (tertiary/aromatic N) is 1. The number of aromatic nitrogens is 2. The Balaban J connectivity index is 1.60. The van der Waals surface area contributed by atoms with Gasteiger partial charge in [0.05, 0.1) is 17.8 Å². The smallest absolute Gasteiger partial charge is 0.0694 e. The fraction of sp³-hybridized carbons (Fsp3) is 0.533. The topological polar surface area (TPSA) is 49.9 Å². The molecule has 1 aliphatic heterocycles. The van der Waals surface area contributed by atoms with E-state index in [1.54, 1.807) is 0 Å². The number of nitrogens with one attached hydrogen (secondary N) is 2. The maximum Gasteiger partial charge on any atom is 0.0694 e. The van der Waals surface area contributed by atoms with Crippen molar-refractivity contribution in [2.45, 2.75) is 32.4 Å². The summed E-state index contributed by atoms with van der Waals surface area (Å²) >= 11 is 0. The van der Waals surface area contributed by atoms with Gasteiger partial charge in [-0.3, -0.25) is 5.10 Å². The zero-order valence-electron chi connectivity index (χ0n) is 11.3. The first-order valence-electron chi connectivity index (χ1n) is 6.97. The Hall–Kier alpha value is -1.55. The van der Waals surface area contributed by atoms with Gasteiger partial charge in [0, 0.05) is 35.1 Å². The molecule has 0 radical (unpaired) electrons. The molecule has 1 aromatic heterocycles. The van der Waals surface area contributed by atoms with Crippen LogP contribution in [0.25, 0.3) is 10.9 Å². The Labute approximate surface area is 112 Å². The highest BCUT2D eigenvalue weighted by atomic mass is 16.5. The lowest BCUT2D eigenvalue weighted by molar-refractivity contribution is -0.0923. The summed E-state index contributed by atoms with van der Waals surface area (Å²) in [6.45, 7) is 5.51. The van der Waals surface area contributed by atoms with E-state index in [9.17, 15) is 0 Å². The number of H-pyrrole nitrogens is 1. The van der Waals surface area contributed by atoms with E-state index < -0.39 is 0 Å². The second-order valence-corrected chi connectivity index (χ2v) is 6.36. The van der Waals surface area contributed by atoms with Crippen molar-refractivity contribution in [1.82, 2.24) is 10.2 Å². The molecule has 1 saturated heterocycles. The highest BCUT2D eigenvalue weighted by Crippen LogP contribution is 2.53. The van der Waals surface area contributed by atoms with E-state index in [4.69, 9.17) is 4.74 Å². The third-order valence-electron chi connectivity index (χ3n) is 4.86. The Bertz CT molecular complexity index is 619. The van der Waals surface area contributed by atoms with E-state index in [0.29, 0.717) is 18.1 Å². The lowest BCUT2D eigenvalue weighted by atomic mass is 9.57. The summed E-state index contributed by atoms with van der Waals surface area (Å²) in [7, 11) is 0. The minimum absolute atomic E-state index is 0.215. The van der Waals surface area contributed by atoms with Crippen molar-refractivity contribution < 1.29 is 4.74 Å². The summed E-state index contributed by atoms with van der Waals surface area (Å²) < 4.78 is 5.84. The number of hydrogen-bond acceptors (Lipinski definition) is 3. The molecule has 4 rings (SSSR count). The van der Waals surface area contributed by atoms with Gasteiger partial charge in [-0.1, -0.05) is 13.8 Å². The molecule has 0 amide bonds. The lowest BCUT2D eigenvalue weighted by Gasteiger charge is -2.55. The molecule has 2 aromatic rings. The SMILES string of the molecule is CC1(C)C(Nc2ccc3[nH]ncc3c2)C2CCOC21. The highest BCUT2D eigenvalue weighted by Gasteiger charge is 2.59. The van der Waals surface area contributed by atoms with Gasteiger partial charge in [-0.15, -0.1) is 0 Å². The molecule has 4 nitrogen and oxygen atoms in total. The average Bonchev–Trinajstić information content (AvgIpc) is 3.03. The zero-order chi connectivity index (χ0) is 13.0. The first-order valence-corrected chi connectivity index (χ1v) is 6.97. The number of aromatic amines is 1. The largest absolute Gasteiger partial charge is 0.381 e. The van der Waals surface area contributed by atoms with Crippen LogP contribution < -0.4 is 5.32 Å². The summed E-state index contributed by atoms with van der Waals surface area (Å²) in [5, 5.41) is 11.9. The third-order valence-corrected chi connectivity index (χ3v) is 4.86. The molecule has 3 unspecified atom stereocenters. The predicted molar refractivity (Wildman–Crippen MR) is 75.1 cm³/mol. The van der Waals surface area contributed by atoms with Gasteiger partial charge in [0.2, 0.25) is 0 Å². The second-order valence-electron chi connectivity index (χ2n) is 6.36. The fourth-order valence-corrected chi connectivity index (χ4v) is 3.83. The molecule has 1 saturated carbocycles. The van der Waals surface area contributed by atoms with E-state index in [2.05, 4.69) is 47.6 Å². The Morgan fingerprint density at radius 2 is 2.32 bits per heavy atom. The molecule has 0 spiro atoms. The van der Waals surface area contributed by atoms with E-state index in [0.717, 1.165) is 17.5 Å². The van der Waals surface area contributed by atoms with Crippen molar-refractivity contribution in [3.63, 3.8) is 0 Å². The van der Waals surface area contributed by atoms with Crippen LogP contribution in [0.4, 0.5) is 5.69 Å². The molecule has 2 heterocycles. The molecule has 2 aliphatic rings. The number of hydrogen-bond donors (Lipinski definition) is 2. The van der Waals surface area contributed by atoms with E-state index in [-0.39, 0.29) is 5.41 Å². The van der Waals surface area contributed by atoms with Crippen molar-refractivity contribution in [2.24, 2.45) is 11.3 Å². The van der Waals surface area contributed by atoms with Crippen LogP contribution in [0.1, 0.15) is 20.3 Å². The van der Waals surface area contributed by atoms with Crippen LogP contribution in [-0.2, 0) is 4.74 Å². The van der Waals surface area contributed by atoms with Crippen LogP contribution in [0.2, 0.25) is 0 Å². The number of benzene rings is 1. The van der Waals surface area contributed by atoms with Crippen molar-refractivity contribution in [1.29, 1.82) is 0 Å². The van der Waals surface area contributed by atoms with E-state index in [1.165, 1.54) is 12.1 Å². The van der Waals surface area contributed by atoms with Gasteiger partial charge in [-0.2, -0.15) is 5.10 Å². The summed E-state index contributed by atoms with van der Waals surface area (Å²) in [4.78, 5) is 0. The van der Waals surface area contributed by atoms with Crippen molar-refractivity contribution in [2.75, 3.05) is 11.9 Å². The van der Waals surface area contributed by atoms with Crippen LogP contribution in [-0.4, -0.2) is 29.0 Å². The molecule has 2 N–H and O–H groups in total. The number of ether oxygens (including phenoxy) is 1. The minimum atomic E-state index is 0.215. The minimum Gasteiger partial charge on any atom is -0.381 e. The average molecular weight is 257 g/mol. The standard InChI is InChI=1S/C15H19N3O/c1-15(2)13(11-5-6-19-14(11)15)17-10-3-4-12-9(7-10)8-16-18-12/h3-4,7-8,11,13-14,17H,5-6H2,1-2H3,(H,16,18). The maximum atomic E-state index is 5.84. The van der Waals surface area contributed by atoms with Crippen molar-refractivity contribution >= 4 is 16.6 Å². The summed E-state index contributed by atoms with van der Waals surface area (Å²) in [5.74, 6) is 0.662. The normalized spacial score (nSPS) is 32.0. The van der Waals surface area contributed by atoms with Crippen molar-refractivity contribution in [3.8, 4) is 0 Å². The van der Waals surface area contributed by atoms with Gasteiger partial charge in [-0.05, 0) is 24.6 Å². The van der Waals surface area contributed by atoms with Gasteiger partial charge in [0.15, 0.2) is 0 Å². The molecule has 3 atom stereocenters. The number of rotatable bonds is 2. The summed E-state index contributed by atoms with van der Waals surface area (Å²) in [6.07, 6.45) is 3.48. The van der Waals surface area contributed by atoms with Crippen LogP contribution in [0.5, 0.6) is 0 Å². The molecular weight excluding hydrogens is 238 g/mol. The highest BCUT2D eigenvalue weighted by molar-refractivity contribution is 5.81. The van der Waals surface area contributed by atoms with E-state index >= 15 is 0 Å². The van der Waals surface area contributed by atoms with Crippen LogP contribution in [0.3, 0.4) is 0 Å². The fourth-order valence-electron chi connectivity index (χ4n) is 3.83. The second kappa shape index (κ2) is 3.73. The number of fused-ring (bicyclic) bond motifs is 2. The zero-order valence-corrected chi connectivity index (χ0v) is 11.3. The molecule has 0 bridgehead atoms. The van der Waals surface area contributed by atoms with Gasteiger partial charge < -0.3 is 10.1 Å². The molecule has 2 fully saturated rings. The maximum absolute atomic E-state index is 5.84. The van der Waals surface area contributed by atoms with Crippen LogP contribution in [0, 0.1) is 11.3 Å². The van der Waals surface area contributed by atoms with Crippen molar-refractivity contribution in [3.05, 3.63) is 24.4 Å². The molecular formula is C15H19N3O. The van der Waals surface area contributed by atoms with Crippen LogP contribution in [0.15, 0.2) is 24.4 Å². The monoisotopic (exact) mass is 257 g/mol. The molecule has 100 valence electrons.